The van der Waals surface area contributed by atoms with Crippen LogP contribution >= 0.6 is 0 Å². The Morgan fingerprint density at radius 1 is 0.943 bits per heavy atom. The van der Waals surface area contributed by atoms with Gasteiger partial charge in [-0.3, -0.25) is 4.79 Å². The molecule has 10 heteroatoms. The second kappa shape index (κ2) is 9.90. The van der Waals surface area contributed by atoms with E-state index in [-0.39, 0.29) is 16.0 Å². The van der Waals surface area contributed by atoms with Gasteiger partial charge in [0, 0.05) is 17.1 Å². The van der Waals surface area contributed by atoms with E-state index in [2.05, 4.69) is 15.2 Å². The Morgan fingerprint density at radius 3 is 2.40 bits per heavy atom. The number of para-hydroxylation sites is 1. The minimum Gasteiger partial charge on any atom is -0.497 e. The molecular formula is C25H23N3O6S. The normalized spacial score (nSPS) is 11.8. The minimum atomic E-state index is -4.01. The van der Waals surface area contributed by atoms with Gasteiger partial charge in [-0.25, -0.2) is 0 Å². The van der Waals surface area contributed by atoms with E-state index in [1.165, 1.54) is 26.4 Å². The molecule has 0 aliphatic carbocycles. The number of benzene rings is 3. The van der Waals surface area contributed by atoms with Crippen LogP contribution in [0.15, 0.2) is 87.2 Å². The highest BCUT2D eigenvalue weighted by Crippen LogP contribution is 2.25. The second-order valence-electron chi connectivity index (χ2n) is 7.55. The van der Waals surface area contributed by atoms with Crippen molar-refractivity contribution in [1.82, 2.24) is 4.83 Å². The van der Waals surface area contributed by atoms with Gasteiger partial charge in [0.15, 0.2) is 11.3 Å². The van der Waals surface area contributed by atoms with Gasteiger partial charge in [0.05, 0.1) is 19.1 Å². The molecule has 2 N–H and O–H groups in total. The number of sulfonamides is 1. The zero-order valence-corrected chi connectivity index (χ0v) is 20.0. The Labute approximate surface area is 202 Å². The molecule has 0 spiro atoms. The van der Waals surface area contributed by atoms with E-state index in [0.29, 0.717) is 28.2 Å². The summed E-state index contributed by atoms with van der Waals surface area (Å²) >= 11 is 0. The van der Waals surface area contributed by atoms with Gasteiger partial charge in [0.25, 0.3) is 15.9 Å². The fraction of sp³-hybridized carbons (Fsp3) is 0.120. The molecule has 35 heavy (non-hydrogen) atoms. The number of nitrogens with zero attached hydrogens (tertiary/aromatic N) is 1. The zero-order valence-electron chi connectivity index (χ0n) is 19.2. The summed E-state index contributed by atoms with van der Waals surface area (Å²) in [5, 5.41) is 7.28. The first kappa shape index (κ1) is 23.8. The predicted octanol–water partition coefficient (Wildman–Crippen LogP) is 3.80. The molecule has 0 unspecified atom stereocenters. The number of fused-ring (bicyclic) bond motifs is 1. The van der Waals surface area contributed by atoms with Crippen LogP contribution in [0.2, 0.25) is 0 Å². The summed E-state index contributed by atoms with van der Waals surface area (Å²) < 4.78 is 41.9. The van der Waals surface area contributed by atoms with Crippen molar-refractivity contribution in [1.29, 1.82) is 0 Å². The number of aryl methyl sites for hydroxylation is 1. The van der Waals surface area contributed by atoms with Crippen LogP contribution in [-0.2, 0) is 10.0 Å². The maximum atomic E-state index is 13.2. The second-order valence-corrected chi connectivity index (χ2v) is 9.21. The molecule has 4 rings (SSSR count). The van der Waals surface area contributed by atoms with E-state index < -0.39 is 15.9 Å². The van der Waals surface area contributed by atoms with E-state index in [0.717, 1.165) is 5.56 Å². The van der Waals surface area contributed by atoms with Gasteiger partial charge in [-0.15, -0.1) is 5.10 Å². The van der Waals surface area contributed by atoms with Gasteiger partial charge in [0.1, 0.15) is 11.3 Å². The molecule has 0 atom stereocenters. The molecule has 4 aromatic rings. The lowest BCUT2D eigenvalue weighted by atomic mass is 10.1. The lowest BCUT2D eigenvalue weighted by molar-refractivity contribution is 0.102. The summed E-state index contributed by atoms with van der Waals surface area (Å²) in [5.41, 5.74) is 1.47. The van der Waals surface area contributed by atoms with Crippen molar-refractivity contribution in [2.24, 2.45) is 5.10 Å². The third-order valence-electron chi connectivity index (χ3n) is 5.13. The van der Waals surface area contributed by atoms with Crippen molar-refractivity contribution in [3.63, 3.8) is 0 Å². The molecule has 0 saturated carbocycles. The number of ether oxygens (including phenoxy) is 2. The minimum absolute atomic E-state index is 0.0141. The average Bonchev–Trinajstić information content (AvgIpc) is 2.87. The third kappa shape index (κ3) is 5.28. The Hall–Kier alpha value is -4.31. The number of carbonyl (C=O) groups is 1. The predicted molar refractivity (Wildman–Crippen MR) is 131 cm³/mol. The van der Waals surface area contributed by atoms with Crippen LogP contribution < -0.4 is 25.2 Å². The van der Waals surface area contributed by atoms with Gasteiger partial charge < -0.3 is 19.2 Å². The molecule has 0 fully saturated rings. The number of methoxy groups -OCH3 is 2. The molecule has 3 aromatic carbocycles. The van der Waals surface area contributed by atoms with E-state index >= 15 is 0 Å². The molecule has 9 nitrogen and oxygen atoms in total. The van der Waals surface area contributed by atoms with Crippen molar-refractivity contribution >= 4 is 32.6 Å². The van der Waals surface area contributed by atoms with Crippen LogP contribution in [0.5, 0.6) is 11.5 Å². The smallest absolute Gasteiger partial charge is 0.276 e. The van der Waals surface area contributed by atoms with Gasteiger partial charge in [-0.2, -0.15) is 13.2 Å². The first-order chi connectivity index (χ1) is 16.8. The molecule has 1 heterocycles. The molecule has 0 aliphatic rings. The number of hydrogen-bond donors (Lipinski definition) is 2. The molecule has 1 amide bonds. The monoisotopic (exact) mass is 493 g/mol. The molecule has 0 radical (unpaired) electrons. The Morgan fingerprint density at radius 2 is 1.69 bits per heavy atom. The topological polar surface area (TPSA) is 119 Å². The highest BCUT2D eigenvalue weighted by Gasteiger charge is 2.17. The third-order valence-corrected chi connectivity index (χ3v) is 6.35. The quantitative estimate of drug-likeness (QED) is 0.378. The number of rotatable bonds is 7. The molecular weight excluding hydrogens is 470 g/mol. The number of nitrogens with one attached hydrogen (secondary N) is 2. The molecule has 0 bridgehead atoms. The first-order valence-corrected chi connectivity index (χ1v) is 12.0. The highest BCUT2D eigenvalue weighted by atomic mass is 32.2. The Kier molecular flexibility index (Phi) is 6.74. The highest BCUT2D eigenvalue weighted by molar-refractivity contribution is 7.89. The lowest BCUT2D eigenvalue weighted by Crippen LogP contribution is -2.27. The average molecular weight is 494 g/mol. The number of anilines is 1. The van der Waals surface area contributed by atoms with Crippen molar-refractivity contribution in [2.45, 2.75) is 11.8 Å². The molecule has 0 saturated heterocycles. The van der Waals surface area contributed by atoms with Crippen LogP contribution in [0.4, 0.5) is 5.69 Å². The van der Waals surface area contributed by atoms with E-state index in [1.807, 2.05) is 6.92 Å². The maximum absolute atomic E-state index is 13.2. The first-order valence-electron chi connectivity index (χ1n) is 10.5. The van der Waals surface area contributed by atoms with Gasteiger partial charge in [-0.05, 0) is 43.3 Å². The zero-order chi connectivity index (χ0) is 25.0. The molecule has 1 aromatic heterocycles. The summed E-state index contributed by atoms with van der Waals surface area (Å²) in [7, 11) is -1.01. The van der Waals surface area contributed by atoms with Gasteiger partial charge in [-0.1, -0.05) is 35.9 Å². The van der Waals surface area contributed by atoms with Crippen molar-refractivity contribution in [3.05, 3.63) is 89.5 Å². The van der Waals surface area contributed by atoms with E-state index in [4.69, 9.17) is 13.9 Å². The Bertz CT molecular complexity index is 1560. The van der Waals surface area contributed by atoms with Crippen LogP contribution in [0, 0.1) is 6.92 Å². The largest absolute Gasteiger partial charge is 0.497 e. The van der Waals surface area contributed by atoms with Crippen molar-refractivity contribution in [3.8, 4) is 11.5 Å². The SMILES string of the molecule is COc1cccc(NC(=O)c2cc3cccc(OC)c3o/c2=N\NS(=O)(=O)c2ccc(C)cc2)c1. The summed E-state index contributed by atoms with van der Waals surface area (Å²) in [6.07, 6.45) is 0. The number of amides is 1. The number of hydrogen-bond acceptors (Lipinski definition) is 7. The van der Waals surface area contributed by atoms with Crippen molar-refractivity contribution in [2.75, 3.05) is 19.5 Å². The lowest BCUT2D eigenvalue weighted by Gasteiger charge is -2.10. The van der Waals surface area contributed by atoms with E-state index in [9.17, 15) is 13.2 Å². The Balaban J connectivity index is 1.79. The van der Waals surface area contributed by atoms with Crippen LogP contribution in [0.3, 0.4) is 0 Å². The summed E-state index contributed by atoms with van der Waals surface area (Å²) in [6, 6.07) is 19.8. The van der Waals surface area contributed by atoms with Crippen LogP contribution in [0.25, 0.3) is 11.0 Å². The molecule has 180 valence electrons. The summed E-state index contributed by atoms with van der Waals surface area (Å²) in [5.74, 6) is 0.409. The number of carbonyl (C=O) groups excluding carboxylic acids is 1. The van der Waals surface area contributed by atoms with Crippen molar-refractivity contribution < 1.29 is 27.1 Å². The standard InChI is InChI=1S/C25H23N3O6S/c1-16-10-12-20(13-11-16)35(30,31)28-27-25-21(14-17-6-4-9-22(33-3)23(17)34-25)24(29)26-18-7-5-8-19(15-18)32-2/h4-15,28H,1-3H3,(H,26,29)/b27-25-. The fourth-order valence-corrected chi connectivity index (χ4v) is 4.10. The van der Waals surface area contributed by atoms with Gasteiger partial charge >= 0.3 is 0 Å². The molecule has 0 aliphatic heterocycles. The fourth-order valence-electron chi connectivity index (χ4n) is 3.30. The summed E-state index contributed by atoms with van der Waals surface area (Å²) in [6.45, 7) is 1.85. The van der Waals surface area contributed by atoms with E-state index in [1.54, 1.807) is 60.7 Å². The maximum Gasteiger partial charge on any atom is 0.276 e. The van der Waals surface area contributed by atoms with Gasteiger partial charge in [0.2, 0.25) is 5.55 Å². The van der Waals surface area contributed by atoms with Crippen LogP contribution in [0.1, 0.15) is 15.9 Å². The van der Waals surface area contributed by atoms with Crippen LogP contribution in [-0.4, -0.2) is 28.5 Å². The summed E-state index contributed by atoms with van der Waals surface area (Å²) in [4.78, 5) is 15.4.